The maximum Gasteiger partial charge on any atom is 0.338 e. The smallest absolute Gasteiger partial charge is 0.338 e. The van der Waals surface area contributed by atoms with Gasteiger partial charge in [0.15, 0.2) is 10.8 Å². The molecule has 0 bridgehead atoms. The van der Waals surface area contributed by atoms with Gasteiger partial charge in [-0.25, -0.2) is 22.9 Å². The Bertz CT molecular complexity index is 1410. The summed E-state index contributed by atoms with van der Waals surface area (Å²) in [7, 11) is 1.22. The molecule has 4 heterocycles. The third kappa shape index (κ3) is 5.50. The molecule has 2 saturated heterocycles. The number of nitrogens with zero attached hydrogens (tertiary/aromatic N) is 4. The molecule has 0 radical (unpaired) electrons. The summed E-state index contributed by atoms with van der Waals surface area (Å²) in [6, 6.07) is 3.00. The first-order chi connectivity index (χ1) is 19.3. The number of aromatic nitrogens is 1. The number of fused-ring (bicyclic) bond motifs is 1. The van der Waals surface area contributed by atoms with Crippen LogP contribution < -0.4 is 5.32 Å². The molecule has 2 fully saturated rings. The zero-order valence-corrected chi connectivity index (χ0v) is 24.0. The minimum Gasteiger partial charge on any atom is -0.481 e. The van der Waals surface area contributed by atoms with Crippen LogP contribution >= 0.6 is 11.3 Å². The minimum atomic E-state index is -3.02. The van der Waals surface area contributed by atoms with Crippen LogP contribution in [0.3, 0.4) is 0 Å². The third-order valence-electron chi connectivity index (χ3n) is 8.12. The molecular weight excluding hydrogens is 559 g/mol. The molecule has 13 heteroatoms. The Morgan fingerprint density at radius 2 is 2.05 bits per heavy atom. The fourth-order valence-electron chi connectivity index (χ4n) is 5.95. The first-order valence-corrected chi connectivity index (χ1v) is 14.1. The fraction of sp³-hybridized carbons (Fsp3) is 0.500. The highest BCUT2D eigenvalue weighted by Gasteiger charge is 2.58. The highest BCUT2D eigenvalue weighted by molar-refractivity contribution is 7.11. The van der Waals surface area contributed by atoms with Crippen LogP contribution in [0.2, 0.25) is 0 Å². The number of rotatable bonds is 8. The lowest BCUT2D eigenvalue weighted by atomic mass is 9.92. The summed E-state index contributed by atoms with van der Waals surface area (Å²) in [5.41, 5.74) is 0.0922. The maximum absolute atomic E-state index is 15.3. The number of likely N-dealkylation sites (tertiary alicyclic amines) is 2. The zero-order chi connectivity index (χ0) is 29.7. The van der Waals surface area contributed by atoms with Gasteiger partial charge in [-0.15, -0.1) is 11.3 Å². The van der Waals surface area contributed by atoms with Crippen LogP contribution in [0.1, 0.15) is 36.0 Å². The van der Waals surface area contributed by atoms with Crippen LogP contribution in [-0.2, 0) is 14.3 Å². The quantitative estimate of drug-likeness (QED) is 0.450. The number of ether oxygens (including phenoxy) is 1. The van der Waals surface area contributed by atoms with Crippen molar-refractivity contribution in [2.24, 2.45) is 16.3 Å². The molecule has 2 N–H and O–H groups in total. The molecule has 1 aromatic heterocycles. The van der Waals surface area contributed by atoms with Gasteiger partial charge in [-0.3, -0.25) is 14.7 Å². The molecule has 0 amide bonds. The predicted molar refractivity (Wildman–Crippen MR) is 146 cm³/mol. The molecule has 0 saturated carbocycles. The number of carbonyl (C=O) groups is 2. The molecule has 1 aromatic carbocycles. The average Bonchev–Trinajstić information content (AvgIpc) is 3.63. The van der Waals surface area contributed by atoms with E-state index in [1.807, 2.05) is 0 Å². The Kier molecular flexibility index (Phi) is 7.72. The molecule has 220 valence electrons. The molecule has 3 atom stereocenters. The number of hydrogen-bond donors (Lipinski definition) is 2. The van der Waals surface area contributed by atoms with Gasteiger partial charge in [-0.2, -0.15) is 0 Å². The highest BCUT2D eigenvalue weighted by atomic mass is 32.1. The minimum absolute atomic E-state index is 0.0490. The van der Waals surface area contributed by atoms with Crippen LogP contribution in [0.25, 0.3) is 0 Å². The van der Waals surface area contributed by atoms with Crippen molar-refractivity contribution in [2.75, 3.05) is 39.8 Å². The van der Waals surface area contributed by atoms with Crippen molar-refractivity contribution < 1.29 is 32.6 Å². The van der Waals surface area contributed by atoms with Crippen molar-refractivity contribution in [3.8, 4) is 0 Å². The van der Waals surface area contributed by atoms with Gasteiger partial charge in [0.05, 0.1) is 30.6 Å². The van der Waals surface area contributed by atoms with Gasteiger partial charge in [-0.1, -0.05) is 12.1 Å². The number of aliphatic carboxylic acids is 1. The number of amidine groups is 1. The van der Waals surface area contributed by atoms with E-state index in [1.165, 1.54) is 30.6 Å². The van der Waals surface area contributed by atoms with Crippen LogP contribution in [0.4, 0.5) is 13.2 Å². The molecule has 3 aliphatic rings. The van der Waals surface area contributed by atoms with Gasteiger partial charge in [-0.05, 0) is 38.0 Å². The number of alkyl halides is 2. The van der Waals surface area contributed by atoms with Crippen molar-refractivity contribution in [3.63, 3.8) is 0 Å². The lowest BCUT2D eigenvalue weighted by Crippen LogP contribution is -2.44. The second-order valence-corrected chi connectivity index (χ2v) is 12.3. The van der Waals surface area contributed by atoms with Gasteiger partial charge in [0.2, 0.25) is 0 Å². The van der Waals surface area contributed by atoms with Gasteiger partial charge in [0, 0.05) is 49.5 Å². The van der Waals surface area contributed by atoms with E-state index in [2.05, 4.69) is 10.3 Å². The number of aliphatic imine (C=N–C) groups is 1. The Labute approximate surface area is 239 Å². The zero-order valence-electron chi connectivity index (χ0n) is 23.2. The number of methoxy groups -OCH3 is 1. The van der Waals surface area contributed by atoms with Crippen molar-refractivity contribution in [3.05, 3.63) is 63.0 Å². The number of nitrogens with one attached hydrogen (secondary N) is 1. The van der Waals surface area contributed by atoms with E-state index in [9.17, 15) is 19.1 Å². The molecule has 41 heavy (non-hydrogen) atoms. The lowest BCUT2D eigenvalue weighted by molar-refractivity contribution is -0.148. The second-order valence-electron chi connectivity index (χ2n) is 11.4. The number of hydrogen-bond acceptors (Lipinski definition) is 9. The molecule has 0 aliphatic carbocycles. The predicted octanol–water partition coefficient (Wildman–Crippen LogP) is 3.47. The second kappa shape index (κ2) is 10.8. The summed E-state index contributed by atoms with van der Waals surface area (Å²) in [4.78, 5) is 37.4. The first kappa shape index (κ1) is 29.2. The van der Waals surface area contributed by atoms with Crippen molar-refractivity contribution in [1.29, 1.82) is 0 Å². The number of carboxylic acid groups (broad SMARTS) is 1. The van der Waals surface area contributed by atoms with Crippen LogP contribution in [0.15, 0.2) is 46.0 Å². The van der Waals surface area contributed by atoms with Crippen LogP contribution in [0.5, 0.6) is 0 Å². The van der Waals surface area contributed by atoms with E-state index >= 15 is 8.78 Å². The number of esters is 1. The topological polar surface area (TPSA) is 107 Å². The van der Waals surface area contributed by atoms with Gasteiger partial charge in [0.1, 0.15) is 11.9 Å². The van der Waals surface area contributed by atoms with Crippen molar-refractivity contribution in [2.45, 2.75) is 38.8 Å². The van der Waals surface area contributed by atoms with E-state index < -0.39 is 53.6 Å². The fourth-order valence-corrected chi connectivity index (χ4v) is 6.54. The Hall–Kier alpha value is -3.29. The van der Waals surface area contributed by atoms with E-state index in [0.717, 1.165) is 0 Å². The van der Waals surface area contributed by atoms with Gasteiger partial charge in [0.25, 0.3) is 5.92 Å². The maximum atomic E-state index is 15.3. The molecule has 0 unspecified atom stereocenters. The number of halogens is 3. The Morgan fingerprint density at radius 3 is 2.71 bits per heavy atom. The number of carbonyl (C=O) groups excluding carboxylic acids is 1. The monoisotopic (exact) mass is 591 g/mol. The van der Waals surface area contributed by atoms with Gasteiger partial charge >= 0.3 is 11.9 Å². The van der Waals surface area contributed by atoms with E-state index in [4.69, 9.17) is 9.73 Å². The molecule has 2 aromatic rings. The molecule has 0 spiro atoms. The van der Waals surface area contributed by atoms with E-state index in [0.29, 0.717) is 27.7 Å². The van der Waals surface area contributed by atoms with E-state index in [1.54, 1.807) is 48.2 Å². The average molecular weight is 592 g/mol. The van der Waals surface area contributed by atoms with Gasteiger partial charge < -0.3 is 20.1 Å². The normalized spacial score (nSPS) is 24.7. The largest absolute Gasteiger partial charge is 0.481 e. The van der Waals surface area contributed by atoms with E-state index in [-0.39, 0.29) is 31.8 Å². The lowest BCUT2D eigenvalue weighted by Gasteiger charge is -2.32. The standard InChI is InChI=1S/C28H32F3N5O4S/c1-15-16(6-5-7-18(15)29)22-21(25(37)40-4)19(33-23(34-22)24-32-8-9-41-24)11-36-14-28(30,31)17-10-35(12-20(17)36)13-27(2,3)26(38)39/h5-9,17,20,22H,10-14H2,1-4H3,(H,33,34)(H,38,39)/t17-,20+,22-/m0/s1. The molecule has 3 aliphatic heterocycles. The first-order valence-electron chi connectivity index (χ1n) is 13.2. The Morgan fingerprint density at radius 1 is 1.29 bits per heavy atom. The molecular formula is C28H32F3N5O4S. The Balaban J connectivity index is 1.53. The number of carboxylic acids is 1. The number of benzene rings is 1. The molecule has 9 nitrogen and oxygen atoms in total. The molecule has 5 rings (SSSR count). The number of thiazole rings is 1. The van der Waals surface area contributed by atoms with Crippen molar-refractivity contribution in [1.82, 2.24) is 20.1 Å². The SMILES string of the molecule is COC(=O)C1=C(CN2CC(F)(F)[C@H]3CN(CC(C)(C)C(=O)O)C[C@H]32)NC(c2nccs2)=N[C@H]1c1cccc(F)c1C. The highest BCUT2D eigenvalue weighted by Crippen LogP contribution is 2.44. The van der Waals surface area contributed by atoms with Crippen LogP contribution in [0, 0.1) is 24.1 Å². The summed E-state index contributed by atoms with van der Waals surface area (Å²) in [6.07, 6.45) is 1.60. The van der Waals surface area contributed by atoms with Crippen LogP contribution in [-0.4, -0.2) is 89.5 Å². The summed E-state index contributed by atoms with van der Waals surface area (Å²) >= 11 is 1.31. The third-order valence-corrected chi connectivity index (χ3v) is 8.90. The summed E-state index contributed by atoms with van der Waals surface area (Å²) in [6.45, 7) is 4.64. The van der Waals surface area contributed by atoms with Crippen molar-refractivity contribution >= 4 is 29.1 Å². The summed E-state index contributed by atoms with van der Waals surface area (Å²) in [5.74, 6) is -5.83. The summed E-state index contributed by atoms with van der Waals surface area (Å²) < 4.78 is 50.4. The summed E-state index contributed by atoms with van der Waals surface area (Å²) in [5, 5.41) is 15.0.